The molecule has 0 fully saturated rings. The van der Waals surface area contributed by atoms with Crippen LogP contribution in [0.3, 0.4) is 0 Å². The van der Waals surface area contributed by atoms with Crippen LogP contribution >= 0.6 is 27.3 Å². The average Bonchev–Trinajstić information content (AvgIpc) is 2.72. The first-order valence-electron chi connectivity index (χ1n) is 6.35. The van der Waals surface area contributed by atoms with E-state index >= 15 is 0 Å². The molecular formula is C15H17BrN2OS. The molecule has 0 bridgehead atoms. The molecule has 0 saturated heterocycles. The number of halogens is 1. The van der Waals surface area contributed by atoms with Crippen LogP contribution in [0.5, 0.6) is 0 Å². The number of rotatable bonds is 4. The van der Waals surface area contributed by atoms with E-state index in [9.17, 15) is 4.79 Å². The van der Waals surface area contributed by atoms with Crippen LogP contribution in [0, 0.1) is 0 Å². The molecule has 0 aliphatic rings. The Morgan fingerprint density at radius 1 is 1.55 bits per heavy atom. The normalized spacial score (nSPS) is 11.0. The van der Waals surface area contributed by atoms with Crippen LogP contribution in [-0.2, 0) is 0 Å². The fourth-order valence-corrected chi connectivity index (χ4v) is 3.47. The van der Waals surface area contributed by atoms with Crippen molar-refractivity contribution in [1.29, 1.82) is 0 Å². The first-order chi connectivity index (χ1) is 9.45. The summed E-state index contributed by atoms with van der Waals surface area (Å²) < 4.78 is 1.98. The summed E-state index contributed by atoms with van der Waals surface area (Å²) in [5.74, 6) is -0.0327. The molecule has 0 unspecified atom stereocenters. The summed E-state index contributed by atoms with van der Waals surface area (Å²) in [6.45, 7) is 8.20. The van der Waals surface area contributed by atoms with Gasteiger partial charge in [0, 0.05) is 27.1 Å². The Balaban J connectivity index is 2.49. The largest absolute Gasteiger partial charge is 0.397 e. The Morgan fingerprint density at radius 2 is 2.25 bits per heavy atom. The van der Waals surface area contributed by atoms with Gasteiger partial charge in [0.05, 0.1) is 5.69 Å². The van der Waals surface area contributed by atoms with Crippen LogP contribution in [0.4, 0.5) is 5.69 Å². The fourth-order valence-electron chi connectivity index (χ4n) is 2.05. The summed E-state index contributed by atoms with van der Waals surface area (Å²) >= 11 is 4.87. The highest BCUT2D eigenvalue weighted by Crippen LogP contribution is 2.36. The second kappa shape index (κ2) is 5.97. The number of benzene rings is 1. The Bertz CT molecular complexity index is 663. The van der Waals surface area contributed by atoms with Crippen LogP contribution in [-0.4, -0.2) is 23.4 Å². The highest BCUT2D eigenvalue weighted by Gasteiger charge is 2.23. The van der Waals surface area contributed by atoms with Crippen molar-refractivity contribution in [2.24, 2.45) is 0 Å². The van der Waals surface area contributed by atoms with Gasteiger partial charge in [-0.15, -0.1) is 17.9 Å². The van der Waals surface area contributed by atoms with E-state index in [-0.39, 0.29) is 11.9 Å². The highest BCUT2D eigenvalue weighted by molar-refractivity contribution is 9.10. The molecule has 1 aromatic carbocycles. The number of nitrogens with two attached hydrogens (primary N) is 1. The lowest BCUT2D eigenvalue weighted by molar-refractivity contribution is 0.0735. The third kappa shape index (κ3) is 2.74. The van der Waals surface area contributed by atoms with Gasteiger partial charge in [0.25, 0.3) is 5.91 Å². The standard InChI is InChI=1S/C15H17BrN2OS/c1-4-7-18(9(2)3)15(19)14-13(17)11-8-10(16)5-6-12(11)20-14/h4-6,8-9H,1,7,17H2,2-3H3. The van der Waals surface area contributed by atoms with E-state index in [2.05, 4.69) is 22.5 Å². The third-order valence-corrected chi connectivity index (χ3v) is 4.76. The Labute approximate surface area is 131 Å². The van der Waals surface area contributed by atoms with E-state index in [4.69, 9.17) is 5.73 Å². The van der Waals surface area contributed by atoms with Crippen molar-refractivity contribution in [2.45, 2.75) is 19.9 Å². The number of carbonyl (C=O) groups is 1. The molecular weight excluding hydrogens is 336 g/mol. The number of hydrogen-bond acceptors (Lipinski definition) is 3. The van der Waals surface area contributed by atoms with Gasteiger partial charge in [-0.1, -0.05) is 22.0 Å². The minimum absolute atomic E-state index is 0.0327. The van der Waals surface area contributed by atoms with E-state index < -0.39 is 0 Å². The minimum atomic E-state index is -0.0327. The topological polar surface area (TPSA) is 46.3 Å². The molecule has 0 saturated carbocycles. The van der Waals surface area contributed by atoms with Gasteiger partial charge in [0.2, 0.25) is 0 Å². The van der Waals surface area contributed by atoms with Crippen LogP contribution < -0.4 is 5.73 Å². The molecule has 0 atom stereocenters. The smallest absolute Gasteiger partial charge is 0.266 e. The van der Waals surface area contributed by atoms with E-state index in [1.807, 2.05) is 32.0 Å². The van der Waals surface area contributed by atoms with Crippen molar-refractivity contribution >= 4 is 48.9 Å². The van der Waals surface area contributed by atoms with Gasteiger partial charge in [-0.25, -0.2) is 0 Å². The number of anilines is 1. The number of fused-ring (bicyclic) bond motifs is 1. The number of thiophene rings is 1. The SMILES string of the molecule is C=CCN(C(=O)c1sc2ccc(Br)cc2c1N)C(C)C. The van der Waals surface area contributed by atoms with Crippen molar-refractivity contribution in [2.75, 3.05) is 12.3 Å². The van der Waals surface area contributed by atoms with Crippen LogP contribution in [0.1, 0.15) is 23.5 Å². The number of nitrogens with zero attached hydrogens (tertiary/aromatic N) is 1. The summed E-state index contributed by atoms with van der Waals surface area (Å²) in [6, 6.07) is 5.99. The second-order valence-corrected chi connectivity index (χ2v) is 6.79. The zero-order valence-electron chi connectivity index (χ0n) is 11.5. The zero-order chi connectivity index (χ0) is 14.9. The molecule has 1 heterocycles. The Morgan fingerprint density at radius 3 is 2.85 bits per heavy atom. The molecule has 5 heteroatoms. The molecule has 0 spiro atoms. The first kappa shape index (κ1) is 15.1. The van der Waals surface area contributed by atoms with Crippen LogP contribution in [0.25, 0.3) is 10.1 Å². The summed E-state index contributed by atoms with van der Waals surface area (Å²) in [5, 5.41) is 0.926. The van der Waals surface area contributed by atoms with Gasteiger partial charge >= 0.3 is 0 Å². The average molecular weight is 353 g/mol. The number of nitrogen functional groups attached to an aromatic ring is 1. The fraction of sp³-hybridized carbons (Fsp3) is 0.267. The third-order valence-electron chi connectivity index (χ3n) is 3.09. The van der Waals surface area contributed by atoms with E-state index in [1.165, 1.54) is 11.3 Å². The molecule has 0 aliphatic heterocycles. The molecule has 20 heavy (non-hydrogen) atoms. The summed E-state index contributed by atoms with van der Waals surface area (Å²) in [5.41, 5.74) is 6.72. The first-order valence-corrected chi connectivity index (χ1v) is 7.96. The second-order valence-electron chi connectivity index (χ2n) is 4.83. The Kier molecular flexibility index (Phi) is 4.50. The molecule has 2 rings (SSSR count). The number of amides is 1. The molecule has 2 N–H and O–H groups in total. The summed E-state index contributed by atoms with van der Waals surface area (Å²) in [4.78, 5) is 15.0. The molecule has 0 radical (unpaired) electrons. The van der Waals surface area contributed by atoms with Gasteiger partial charge in [-0.2, -0.15) is 0 Å². The lowest BCUT2D eigenvalue weighted by Gasteiger charge is -2.24. The van der Waals surface area contributed by atoms with Gasteiger partial charge in [0.1, 0.15) is 4.88 Å². The van der Waals surface area contributed by atoms with E-state index in [0.29, 0.717) is 17.1 Å². The molecule has 106 valence electrons. The van der Waals surface area contributed by atoms with Gasteiger partial charge in [-0.05, 0) is 32.0 Å². The number of carbonyl (C=O) groups excluding carboxylic acids is 1. The van der Waals surface area contributed by atoms with Crippen molar-refractivity contribution in [3.63, 3.8) is 0 Å². The molecule has 2 aromatic rings. The van der Waals surface area contributed by atoms with Crippen molar-refractivity contribution in [3.8, 4) is 0 Å². The number of hydrogen-bond donors (Lipinski definition) is 1. The lowest BCUT2D eigenvalue weighted by atomic mass is 10.2. The quantitative estimate of drug-likeness (QED) is 0.834. The minimum Gasteiger partial charge on any atom is -0.397 e. The van der Waals surface area contributed by atoms with Gasteiger partial charge in [0.15, 0.2) is 0 Å². The maximum absolute atomic E-state index is 12.6. The maximum Gasteiger partial charge on any atom is 0.266 e. The predicted octanol–water partition coefficient (Wildman–Crippen LogP) is 4.28. The molecule has 1 amide bonds. The molecule has 0 aliphatic carbocycles. The van der Waals surface area contributed by atoms with Crippen molar-refractivity contribution < 1.29 is 4.79 Å². The monoisotopic (exact) mass is 352 g/mol. The van der Waals surface area contributed by atoms with Crippen LogP contribution in [0.2, 0.25) is 0 Å². The molecule has 1 aromatic heterocycles. The zero-order valence-corrected chi connectivity index (χ0v) is 13.9. The Hall–Kier alpha value is -1.33. The van der Waals surface area contributed by atoms with Crippen LogP contribution in [0.15, 0.2) is 35.3 Å². The summed E-state index contributed by atoms with van der Waals surface area (Å²) in [6.07, 6.45) is 1.73. The summed E-state index contributed by atoms with van der Waals surface area (Å²) in [7, 11) is 0. The maximum atomic E-state index is 12.6. The molecule has 3 nitrogen and oxygen atoms in total. The highest BCUT2D eigenvalue weighted by atomic mass is 79.9. The van der Waals surface area contributed by atoms with Crippen molar-refractivity contribution in [3.05, 3.63) is 40.2 Å². The van der Waals surface area contributed by atoms with E-state index in [0.717, 1.165) is 14.6 Å². The predicted molar refractivity (Wildman–Crippen MR) is 90.3 cm³/mol. The lowest BCUT2D eigenvalue weighted by Crippen LogP contribution is -2.36. The van der Waals surface area contributed by atoms with E-state index in [1.54, 1.807) is 11.0 Å². The van der Waals surface area contributed by atoms with Gasteiger partial charge in [-0.3, -0.25) is 4.79 Å². The van der Waals surface area contributed by atoms with Crippen molar-refractivity contribution in [1.82, 2.24) is 4.90 Å². The van der Waals surface area contributed by atoms with Gasteiger partial charge < -0.3 is 10.6 Å².